The molecule has 0 bridgehead atoms. The molecule has 0 fully saturated rings. The fraction of sp³-hybridized carbons (Fsp3) is 0.786. The van der Waals surface area contributed by atoms with Crippen LogP contribution in [0.2, 0.25) is 0 Å². The molecule has 108 valence electrons. The number of nitrogens with zero attached hydrogens (tertiary/aromatic N) is 1. The summed E-state index contributed by atoms with van der Waals surface area (Å²) < 4.78 is 1.19. The zero-order chi connectivity index (χ0) is 13.3. The molecule has 0 aromatic carbocycles. The number of quaternary nitrogens is 1. The van der Waals surface area contributed by atoms with Crippen LogP contribution in [0.3, 0.4) is 0 Å². The van der Waals surface area contributed by atoms with Gasteiger partial charge in [-0.25, -0.2) is 0 Å². The Bertz CT molecular complexity index is 242. The lowest BCUT2D eigenvalue weighted by molar-refractivity contribution is -0.923. The third-order valence-electron chi connectivity index (χ3n) is 3.74. The molecule has 0 aliphatic carbocycles. The molecule has 0 heterocycles. The number of carbonyl (C=O) groups excluding carboxylic acids is 1. The molecule has 18 heavy (non-hydrogen) atoms. The highest BCUT2D eigenvalue weighted by atomic mass is 35.5. The van der Waals surface area contributed by atoms with E-state index in [0.29, 0.717) is 5.57 Å². The predicted molar refractivity (Wildman–Crippen MR) is 73.8 cm³/mol. The van der Waals surface area contributed by atoms with Crippen molar-refractivity contribution in [1.82, 2.24) is 5.32 Å². The van der Waals surface area contributed by atoms with E-state index in [1.165, 1.54) is 37.1 Å². The summed E-state index contributed by atoms with van der Waals surface area (Å²) in [6.45, 7) is 17.7. The van der Waals surface area contributed by atoms with Gasteiger partial charge in [-0.1, -0.05) is 6.58 Å². The highest BCUT2D eigenvalue weighted by Gasteiger charge is 2.19. The van der Waals surface area contributed by atoms with Crippen LogP contribution < -0.4 is 17.7 Å². The number of hydrogen-bond acceptors (Lipinski definition) is 1. The van der Waals surface area contributed by atoms with E-state index in [-0.39, 0.29) is 18.3 Å². The molecule has 0 aliphatic rings. The number of hydrogen-bond donors (Lipinski definition) is 1. The van der Waals surface area contributed by atoms with Crippen molar-refractivity contribution in [2.24, 2.45) is 0 Å². The van der Waals surface area contributed by atoms with Crippen LogP contribution in [-0.2, 0) is 4.79 Å². The smallest absolute Gasteiger partial charge is 0.246 e. The Labute approximate surface area is 119 Å². The molecule has 1 N–H and O–H groups in total. The third-order valence-corrected chi connectivity index (χ3v) is 3.74. The number of unbranched alkanes of at least 4 members (excludes halogenated alkanes) is 1. The second kappa shape index (κ2) is 10.4. The number of amides is 1. The summed E-state index contributed by atoms with van der Waals surface area (Å²) in [6, 6.07) is 0. The Kier molecular flexibility index (Phi) is 11.4. The number of rotatable bonds is 9. The molecule has 0 saturated carbocycles. The molecule has 0 rings (SSSR count). The highest BCUT2D eigenvalue weighted by molar-refractivity contribution is 5.91. The van der Waals surface area contributed by atoms with Crippen LogP contribution in [0.1, 0.15) is 40.5 Å². The quantitative estimate of drug-likeness (QED) is 0.338. The summed E-state index contributed by atoms with van der Waals surface area (Å²) in [5, 5.41) is 2.88. The maximum Gasteiger partial charge on any atom is 0.246 e. The molecule has 0 saturated heterocycles. The lowest BCUT2D eigenvalue weighted by Crippen LogP contribution is -3.00. The Balaban J connectivity index is 0. The van der Waals surface area contributed by atoms with Crippen molar-refractivity contribution in [3.05, 3.63) is 12.2 Å². The van der Waals surface area contributed by atoms with Crippen LogP contribution in [0.25, 0.3) is 0 Å². The van der Waals surface area contributed by atoms with E-state index >= 15 is 0 Å². The van der Waals surface area contributed by atoms with Gasteiger partial charge in [0.1, 0.15) is 0 Å². The standard InChI is InChI=1S/C14H28N2O.ClH/c1-6-16(7-2,8-3)12-10-9-11-15-14(17)13(4)5;/h4,6-12H2,1-3,5H3;1H. The maximum absolute atomic E-state index is 11.3. The SMILES string of the molecule is C=C(C)C(=O)NCCCC[N+](CC)(CC)CC.[Cl-]. The summed E-state index contributed by atoms with van der Waals surface area (Å²) in [5.41, 5.74) is 0.589. The predicted octanol–water partition coefficient (Wildman–Crippen LogP) is -0.661. The van der Waals surface area contributed by atoms with Gasteiger partial charge in [-0.2, -0.15) is 0 Å². The first-order valence-electron chi connectivity index (χ1n) is 6.80. The Morgan fingerprint density at radius 3 is 2.00 bits per heavy atom. The molecule has 1 amide bonds. The monoisotopic (exact) mass is 276 g/mol. The van der Waals surface area contributed by atoms with Crippen LogP contribution in [0, 0.1) is 0 Å². The molecule has 0 aromatic rings. The Morgan fingerprint density at radius 1 is 1.11 bits per heavy atom. The van der Waals surface area contributed by atoms with Crippen molar-refractivity contribution < 1.29 is 21.7 Å². The van der Waals surface area contributed by atoms with Gasteiger partial charge in [0.05, 0.1) is 26.2 Å². The molecule has 4 heteroatoms. The summed E-state index contributed by atoms with van der Waals surface area (Å²) in [7, 11) is 0. The minimum absolute atomic E-state index is 0. The molecular weight excluding hydrogens is 248 g/mol. The molecule has 0 spiro atoms. The Morgan fingerprint density at radius 2 is 1.61 bits per heavy atom. The van der Waals surface area contributed by atoms with Crippen molar-refractivity contribution in [3.63, 3.8) is 0 Å². The maximum atomic E-state index is 11.3. The van der Waals surface area contributed by atoms with E-state index in [2.05, 4.69) is 32.7 Å². The molecular formula is C14H29ClN2O. The molecule has 0 aromatic heterocycles. The van der Waals surface area contributed by atoms with Gasteiger partial charge < -0.3 is 22.2 Å². The average Bonchev–Trinajstić information content (AvgIpc) is 2.34. The molecule has 0 aliphatic heterocycles. The second-order valence-electron chi connectivity index (χ2n) is 4.76. The van der Waals surface area contributed by atoms with Crippen LogP contribution in [0.15, 0.2) is 12.2 Å². The Hall–Kier alpha value is -0.540. The van der Waals surface area contributed by atoms with E-state index in [1.807, 2.05) is 0 Å². The van der Waals surface area contributed by atoms with Gasteiger partial charge in [0.15, 0.2) is 0 Å². The fourth-order valence-corrected chi connectivity index (χ4v) is 2.07. The van der Waals surface area contributed by atoms with Crippen LogP contribution in [0.4, 0.5) is 0 Å². The van der Waals surface area contributed by atoms with Gasteiger partial charge >= 0.3 is 0 Å². The van der Waals surface area contributed by atoms with Crippen LogP contribution in [0.5, 0.6) is 0 Å². The summed E-state index contributed by atoms with van der Waals surface area (Å²) in [6.07, 6.45) is 2.23. The molecule has 0 atom stereocenters. The van der Waals surface area contributed by atoms with Gasteiger partial charge in [-0.3, -0.25) is 4.79 Å². The van der Waals surface area contributed by atoms with Gasteiger partial charge in [0.25, 0.3) is 0 Å². The second-order valence-corrected chi connectivity index (χ2v) is 4.76. The van der Waals surface area contributed by atoms with Gasteiger partial charge in [0.2, 0.25) is 5.91 Å². The highest BCUT2D eigenvalue weighted by Crippen LogP contribution is 2.08. The fourth-order valence-electron chi connectivity index (χ4n) is 2.07. The topological polar surface area (TPSA) is 29.1 Å². The molecule has 0 radical (unpaired) electrons. The lowest BCUT2D eigenvalue weighted by atomic mass is 10.2. The molecule has 3 nitrogen and oxygen atoms in total. The number of halogens is 1. The minimum atomic E-state index is -0.0211. The first-order chi connectivity index (χ1) is 8.01. The van der Waals surface area contributed by atoms with E-state index in [1.54, 1.807) is 6.92 Å². The van der Waals surface area contributed by atoms with Crippen LogP contribution >= 0.6 is 0 Å². The lowest BCUT2D eigenvalue weighted by Gasteiger charge is -2.35. The van der Waals surface area contributed by atoms with Gasteiger partial charge in [-0.15, -0.1) is 0 Å². The first-order valence-corrected chi connectivity index (χ1v) is 6.80. The minimum Gasteiger partial charge on any atom is -1.00 e. The van der Waals surface area contributed by atoms with Crippen molar-refractivity contribution in [2.45, 2.75) is 40.5 Å². The molecule has 0 unspecified atom stereocenters. The van der Waals surface area contributed by atoms with Crippen LogP contribution in [-0.4, -0.2) is 43.1 Å². The first kappa shape index (κ1) is 19.8. The van der Waals surface area contributed by atoms with Gasteiger partial charge in [-0.05, 0) is 40.5 Å². The van der Waals surface area contributed by atoms with Gasteiger partial charge in [0, 0.05) is 12.1 Å². The average molecular weight is 277 g/mol. The van der Waals surface area contributed by atoms with E-state index in [4.69, 9.17) is 0 Å². The summed E-state index contributed by atoms with van der Waals surface area (Å²) in [5.74, 6) is -0.0211. The van der Waals surface area contributed by atoms with E-state index in [0.717, 1.165) is 13.0 Å². The van der Waals surface area contributed by atoms with Crippen molar-refractivity contribution in [2.75, 3.05) is 32.7 Å². The normalized spacial score (nSPS) is 10.7. The zero-order valence-corrected chi connectivity index (χ0v) is 13.1. The zero-order valence-electron chi connectivity index (χ0n) is 12.4. The summed E-state index contributed by atoms with van der Waals surface area (Å²) >= 11 is 0. The van der Waals surface area contributed by atoms with E-state index in [9.17, 15) is 4.79 Å². The third kappa shape index (κ3) is 7.02. The number of carbonyl (C=O) groups is 1. The summed E-state index contributed by atoms with van der Waals surface area (Å²) in [4.78, 5) is 11.3. The van der Waals surface area contributed by atoms with E-state index < -0.39 is 0 Å². The van der Waals surface area contributed by atoms with Crippen molar-refractivity contribution in [3.8, 4) is 0 Å². The largest absolute Gasteiger partial charge is 1.00 e. The van der Waals surface area contributed by atoms with Crippen molar-refractivity contribution in [1.29, 1.82) is 0 Å². The van der Waals surface area contributed by atoms with Crippen molar-refractivity contribution >= 4 is 5.91 Å². The number of nitrogens with one attached hydrogen (secondary N) is 1.